The molecule has 1 heterocycles. The second kappa shape index (κ2) is 4.37. The number of furan rings is 1. The molecule has 15 heavy (non-hydrogen) atoms. The summed E-state index contributed by atoms with van der Waals surface area (Å²) in [7, 11) is 4.16. The molecule has 0 fully saturated rings. The summed E-state index contributed by atoms with van der Waals surface area (Å²) in [5.41, 5.74) is 2.23. The van der Waals surface area contributed by atoms with E-state index in [4.69, 9.17) is 4.42 Å². The standard InChI is InChI=1S/C12H14BrNO/c1-14(2)7-6-9-8-15-11-5-3-4-10(13)12(9)11/h3-5,8H,6-7H2,1-2H3. The molecule has 0 saturated carbocycles. The molecule has 0 aliphatic heterocycles. The molecule has 0 radical (unpaired) electrons. The Balaban J connectivity index is 2.35. The van der Waals surface area contributed by atoms with Gasteiger partial charge < -0.3 is 9.32 Å². The molecule has 2 rings (SSSR count). The van der Waals surface area contributed by atoms with Crippen LogP contribution in [-0.2, 0) is 6.42 Å². The third-order valence-corrected chi connectivity index (χ3v) is 3.11. The molecule has 0 atom stereocenters. The van der Waals surface area contributed by atoms with Gasteiger partial charge >= 0.3 is 0 Å². The lowest BCUT2D eigenvalue weighted by Crippen LogP contribution is -2.14. The second-order valence-electron chi connectivity index (χ2n) is 3.93. The summed E-state index contributed by atoms with van der Waals surface area (Å²) < 4.78 is 6.63. The van der Waals surface area contributed by atoms with Gasteiger partial charge in [-0.2, -0.15) is 0 Å². The van der Waals surface area contributed by atoms with Crippen molar-refractivity contribution in [3.8, 4) is 0 Å². The summed E-state index contributed by atoms with van der Waals surface area (Å²) >= 11 is 3.56. The van der Waals surface area contributed by atoms with Crippen molar-refractivity contribution < 1.29 is 4.42 Å². The topological polar surface area (TPSA) is 16.4 Å². The van der Waals surface area contributed by atoms with Gasteiger partial charge in [0.1, 0.15) is 5.58 Å². The SMILES string of the molecule is CN(C)CCc1coc2cccc(Br)c12. The Morgan fingerprint density at radius 3 is 2.87 bits per heavy atom. The fraction of sp³-hybridized carbons (Fsp3) is 0.333. The summed E-state index contributed by atoms with van der Waals surface area (Å²) in [5.74, 6) is 0. The molecule has 3 heteroatoms. The Bertz CT molecular complexity index is 462. The van der Waals surface area contributed by atoms with Gasteiger partial charge in [0.2, 0.25) is 0 Å². The zero-order valence-corrected chi connectivity index (χ0v) is 10.5. The first-order valence-corrected chi connectivity index (χ1v) is 5.77. The van der Waals surface area contributed by atoms with Crippen molar-refractivity contribution in [3.05, 3.63) is 34.5 Å². The monoisotopic (exact) mass is 267 g/mol. The Morgan fingerprint density at radius 1 is 1.33 bits per heavy atom. The van der Waals surface area contributed by atoms with E-state index in [1.54, 1.807) is 0 Å². The van der Waals surface area contributed by atoms with Gasteiger partial charge in [0.05, 0.1) is 6.26 Å². The van der Waals surface area contributed by atoms with E-state index >= 15 is 0 Å². The van der Waals surface area contributed by atoms with Crippen LogP contribution in [0.3, 0.4) is 0 Å². The van der Waals surface area contributed by atoms with Crippen molar-refractivity contribution in [1.82, 2.24) is 4.90 Å². The number of fused-ring (bicyclic) bond motifs is 1. The fourth-order valence-electron chi connectivity index (χ4n) is 1.64. The summed E-state index contributed by atoms with van der Waals surface area (Å²) in [5, 5.41) is 1.21. The normalized spacial score (nSPS) is 11.5. The maximum atomic E-state index is 5.51. The molecule has 0 bridgehead atoms. The number of benzene rings is 1. The average Bonchev–Trinajstić information content (AvgIpc) is 2.59. The van der Waals surface area contributed by atoms with Crippen molar-refractivity contribution >= 4 is 26.9 Å². The summed E-state index contributed by atoms with van der Waals surface area (Å²) in [6.07, 6.45) is 2.88. The highest BCUT2D eigenvalue weighted by atomic mass is 79.9. The molecule has 0 aliphatic rings. The van der Waals surface area contributed by atoms with Crippen LogP contribution in [0.5, 0.6) is 0 Å². The van der Waals surface area contributed by atoms with Crippen molar-refractivity contribution in [3.63, 3.8) is 0 Å². The number of halogens is 1. The van der Waals surface area contributed by atoms with Gasteiger partial charge in [-0.1, -0.05) is 22.0 Å². The quantitative estimate of drug-likeness (QED) is 0.849. The largest absolute Gasteiger partial charge is 0.464 e. The average molecular weight is 268 g/mol. The second-order valence-corrected chi connectivity index (χ2v) is 4.78. The third-order valence-electron chi connectivity index (χ3n) is 2.45. The Kier molecular flexibility index (Phi) is 3.12. The number of hydrogen-bond donors (Lipinski definition) is 0. The van der Waals surface area contributed by atoms with Gasteiger partial charge in [0.15, 0.2) is 0 Å². The molecule has 0 unspecified atom stereocenters. The maximum Gasteiger partial charge on any atom is 0.135 e. The van der Waals surface area contributed by atoms with Crippen LogP contribution in [0.1, 0.15) is 5.56 Å². The number of nitrogens with zero attached hydrogens (tertiary/aromatic N) is 1. The Labute approximate surface area is 98.0 Å². The van der Waals surface area contributed by atoms with Gasteiger partial charge in [-0.15, -0.1) is 0 Å². The predicted molar refractivity (Wildman–Crippen MR) is 66.2 cm³/mol. The molecule has 0 aliphatic carbocycles. The van der Waals surface area contributed by atoms with Crippen molar-refractivity contribution in [2.45, 2.75) is 6.42 Å². The van der Waals surface area contributed by atoms with Crippen LogP contribution >= 0.6 is 15.9 Å². The minimum atomic E-state index is 0.957. The summed E-state index contributed by atoms with van der Waals surface area (Å²) in [6, 6.07) is 6.04. The predicted octanol–water partition coefficient (Wildman–Crippen LogP) is 3.30. The minimum absolute atomic E-state index is 0.957. The van der Waals surface area contributed by atoms with Crippen LogP contribution in [-0.4, -0.2) is 25.5 Å². The molecule has 0 N–H and O–H groups in total. The highest BCUT2D eigenvalue weighted by Gasteiger charge is 2.08. The molecular weight excluding hydrogens is 254 g/mol. The van der Waals surface area contributed by atoms with E-state index < -0.39 is 0 Å². The zero-order valence-electron chi connectivity index (χ0n) is 8.96. The molecule has 1 aromatic heterocycles. The van der Waals surface area contributed by atoms with Crippen molar-refractivity contribution in [2.75, 3.05) is 20.6 Å². The highest BCUT2D eigenvalue weighted by molar-refractivity contribution is 9.10. The van der Waals surface area contributed by atoms with Gasteiger partial charge in [0.25, 0.3) is 0 Å². The lowest BCUT2D eigenvalue weighted by atomic mass is 10.1. The van der Waals surface area contributed by atoms with E-state index in [-0.39, 0.29) is 0 Å². The fourth-order valence-corrected chi connectivity index (χ4v) is 2.24. The number of likely N-dealkylation sites (N-methyl/N-ethyl adjacent to an activating group) is 1. The van der Waals surface area contributed by atoms with E-state index in [0.29, 0.717) is 0 Å². The van der Waals surface area contributed by atoms with E-state index in [1.807, 2.05) is 18.4 Å². The van der Waals surface area contributed by atoms with Gasteiger partial charge in [-0.25, -0.2) is 0 Å². The third kappa shape index (κ3) is 2.24. The molecule has 2 aromatic rings. The molecular formula is C12H14BrNO. The van der Waals surface area contributed by atoms with Crippen LogP contribution in [0, 0.1) is 0 Å². The van der Waals surface area contributed by atoms with E-state index in [2.05, 4.69) is 41.0 Å². The van der Waals surface area contributed by atoms with E-state index in [0.717, 1.165) is 23.0 Å². The lowest BCUT2D eigenvalue weighted by Gasteiger charge is -2.07. The Morgan fingerprint density at radius 2 is 2.13 bits per heavy atom. The van der Waals surface area contributed by atoms with Crippen LogP contribution in [0.15, 0.2) is 33.4 Å². The van der Waals surface area contributed by atoms with Gasteiger partial charge in [-0.3, -0.25) is 0 Å². The van der Waals surface area contributed by atoms with E-state index in [1.165, 1.54) is 10.9 Å². The first-order valence-electron chi connectivity index (χ1n) is 4.98. The highest BCUT2D eigenvalue weighted by Crippen LogP contribution is 2.29. The first kappa shape index (κ1) is 10.7. The van der Waals surface area contributed by atoms with Gasteiger partial charge in [0, 0.05) is 22.0 Å². The lowest BCUT2D eigenvalue weighted by molar-refractivity contribution is 0.413. The van der Waals surface area contributed by atoms with Gasteiger partial charge in [-0.05, 0) is 32.6 Å². The number of rotatable bonds is 3. The molecule has 2 nitrogen and oxygen atoms in total. The Hall–Kier alpha value is -0.800. The maximum absolute atomic E-state index is 5.51. The minimum Gasteiger partial charge on any atom is -0.464 e. The molecule has 80 valence electrons. The summed E-state index contributed by atoms with van der Waals surface area (Å²) in [4.78, 5) is 2.18. The zero-order chi connectivity index (χ0) is 10.8. The van der Waals surface area contributed by atoms with Crippen molar-refractivity contribution in [1.29, 1.82) is 0 Å². The van der Waals surface area contributed by atoms with Crippen molar-refractivity contribution in [2.24, 2.45) is 0 Å². The van der Waals surface area contributed by atoms with Crippen LogP contribution in [0.2, 0.25) is 0 Å². The number of hydrogen-bond acceptors (Lipinski definition) is 2. The van der Waals surface area contributed by atoms with Crippen LogP contribution < -0.4 is 0 Å². The molecule has 0 saturated heterocycles. The van der Waals surface area contributed by atoms with E-state index in [9.17, 15) is 0 Å². The molecule has 0 amide bonds. The smallest absolute Gasteiger partial charge is 0.135 e. The first-order chi connectivity index (χ1) is 7.18. The van der Waals surface area contributed by atoms with Crippen LogP contribution in [0.4, 0.5) is 0 Å². The van der Waals surface area contributed by atoms with Crippen LogP contribution in [0.25, 0.3) is 11.0 Å². The molecule has 1 aromatic carbocycles. The molecule has 0 spiro atoms. The summed E-state index contributed by atoms with van der Waals surface area (Å²) in [6.45, 7) is 1.04.